The molecule has 1 saturated carbocycles. The van der Waals surface area contributed by atoms with Crippen molar-refractivity contribution in [2.45, 2.75) is 50.7 Å². The van der Waals surface area contributed by atoms with Crippen molar-refractivity contribution in [1.29, 1.82) is 0 Å². The van der Waals surface area contributed by atoms with E-state index >= 15 is 0 Å². The molecule has 0 aromatic carbocycles. The molecular weight excluding hydrogens is 268 g/mol. The standard InChI is InChI=1S/C15H22N4O2/c1-10-8-17-14(9-16-10)15(20)19-13-3-2-12(13)18-11-4-6-21-7-5-11/h8-9,11-13,18H,2-7H2,1H3,(H,19,20)/t12-,13+/m1/s1. The molecule has 0 bridgehead atoms. The minimum atomic E-state index is -0.133. The highest BCUT2D eigenvalue weighted by molar-refractivity contribution is 5.92. The van der Waals surface area contributed by atoms with Crippen LogP contribution in [0.2, 0.25) is 0 Å². The first-order chi connectivity index (χ1) is 10.2. The number of aromatic nitrogens is 2. The Kier molecular flexibility index (Phi) is 4.45. The van der Waals surface area contributed by atoms with E-state index in [0.29, 0.717) is 17.8 Å². The van der Waals surface area contributed by atoms with Crippen LogP contribution in [0.3, 0.4) is 0 Å². The van der Waals surface area contributed by atoms with Crippen molar-refractivity contribution in [1.82, 2.24) is 20.6 Å². The van der Waals surface area contributed by atoms with Gasteiger partial charge in [-0.25, -0.2) is 4.98 Å². The van der Waals surface area contributed by atoms with E-state index in [9.17, 15) is 4.79 Å². The van der Waals surface area contributed by atoms with Crippen molar-refractivity contribution in [2.75, 3.05) is 13.2 Å². The van der Waals surface area contributed by atoms with E-state index in [-0.39, 0.29) is 11.9 Å². The first-order valence-electron chi connectivity index (χ1n) is 7.65. The molecule has 1 aromatic heterocycles. The third-order valence-electron chi connectivity index (χ3n) is 4.28. The molecule has 2 heterocycles. The van der Waals surface area contributed by atoms with Gasteiger partial charge in [-0.1, -0.05) is 0 Å². The molecule has 0 unspecified atom stereocenters. The van der Waals surface area contributed by atoms with E-state index in [2.05, 4.69) is 20.6 Å². The number of carbonyl (C=O) groups is 1. The normalized spacial score (nSPS) is 26.1. The maximum atomic E-state index is 12.1. The summed E-state index contributed by atoms with van der Waals surface area (Å²) in [6, 6.07) is 1.08. The summed E-state index contributed by atoms with van der Waals surface area (Å²) in [5, 5.41) is 6.70. The van der Waals surface area contributed by atoms with Crippen LogP contribution >= 0.6 is 0 Å². The molecule has 0 spiro atoms. The number of carbonyl (C=O) groups excluding carboxylic acids is 1. The molecule has 0 radical (unpaired) electrons. The van der Waals surface area contributed by atoms with Gasteiger partial charge in [-0.15, -0.1) is 0 Å². The highest BCUT2D eigenvalue weighted by atomic mass is 16.5. The third kappa shape index (κ3) is 3.57. The number of nitrogens with zero attached hydrogens (tertiary/aromatic N) is 2. The molecule has 2 N–H and O–H groups in total. The monoisotopic (exact) mass is 290 g/mol. The molecule has 3 rings (SSSR count). The number of rotatable bonds is 4. The molecule has 1 saturated heterocycles. The first kappa shape index (κ1) is 14.4. The van der Waals surface area contributed by atoms with Crippen LogP contribution in [0.1, 0.15) is 41.9 Å². The number of nitrogens with one attached hydrogen (secondary N) is 2. The van der Waals surface area contributed by atoms with Crippen molar-refractivity contribution >= 4 is 5.91 Å². The van der Waals surface area contributed by atoms with Crippen molar-refractivity contribution in [3.8, 4) is 0 Å². The zero-order chi connectivity index (χ0) is 14.7. The van der Waals surface area contributed by atoms with Gasteiger partial charge in [0.2, 0.25) is 0 Å². The van der Waals surface area contributed by atoms with Gasteiger partial charge in [-0.05, 0) is 32.6 Å². The van der Waals surface area contributed by atoms with Crippen molar-refractivity contribution < 1.29 is 9.53 Å². The zero-order valence-electron chi connectivity index (χ0n) is 12.3. The highest BCUT2D eigenvalue weighted by Gasteiger charge is 2.34. The Morgan fingerprint density at radius 1 is 1.14 bits per heavy atom. The van der Waals surface area contributed by atoms with Gasteiger partial charge in [0.15, 0.2) is 0 Å². The van der Waals surface area contributed by atoms with Crippen molar-refractivity contribution in [3.63, 3.8) is 0 Å². The Bertz CT molecular complexity index is 485. The van der Waals surface area contributed by atoms with Gasteiger partial charge < -0.3 is 15.4 Å². The van der Waals surface area contributed by atoms with E-state index < -0.39 is 0 Å². The minimum absolute atomic E-state index is 0.133. The van der Waals surface area contributed by atoms with Gasteiger partial charge in [0, 0.05) is 37.5 Å². The van der Waals surface area contributed by atoms with Crippen molar-refractivity contribution in [2.24, 2.45) is 0 Å². The lowest BCUT2D eigenvalue weighted by molar-refractivity contribution is 0.0652. The lowest BCUT2D eigenvalue weighted by atomic mass is 9.85. The molecule has 6 nitrogen and oxygen atoms in total. The maximum Gasteiger partial charge on any atom is 0.271 e. The van der Waals surface area contributed by atoms with Crippen LogP contribution in [0, 0.1) is 6.92 Å². The summed E-state index contributed by atoms with van der Waals surface area (Å²) in [5.41, 5.74) is 1.20. The van der Waals surface area contributed by atoms with Crippen molar-refractivity contribution in [3.05, 3.63) is 23.8 Å². The number of hydrogen-bond acceptors (Lipinski definition) is 5. The molecule has 2 atom stereocenters. The topological polar surface area (TPSA) is 76.1 Å². The Labute approximate surface area is 124 Å². The molecule has 1 aliphatic carbocycles. The summed E-state index contributed by atoms with van der Waals surface area (Å²) in [4.78, 5) is 20.4. The van der Waals surface area contributed by atoms with Crippen LogP contribution in [-0.2, 0) is 4.74 Å². The second-order valence-electron chi connectivity index (χ2n) is 5.86. The van der Waals surface area contributed by atoms with Gasteiger partial charge in [0.25, 0.3) is 5.91 Å². The molecule has 21 heavy (non-hydrogen) atoms. The highest BCUT2D eigenvalue weighted by Crippen LogP contribution is 2.22. The van der Waals surface area contributed by atoms with Crippen LogP contribution < -0.4 is 10.6 Å². The molecule has 1 aromatic rings. The molecule has 2 fully saturated rings. The summed E-state index contributed by atoms with van der Waals surface area (Å²) in [5.74, 6) is -0.133. The average Bonchev–Trinajstić information content (AvgIpc) is 2.51. The molecular formula is C15H22N4O2. The van der Waals surface area contributed by atoms with E-state index in [1.165, 1.54) is 6.20 Å². The second kappa shape index (κ2) is 6.49. The average molecular weight is 290 g/mol. The fourth-order valence-corrected chi connectivity index (χ4v) is 2.79. The van der Waals surface area contributed by atoms with Crippen LogP contribution in [0.5, 0.6) is 0 Å². The van der Waals surface area contributed by atoms with E-state index in [1.807, 2.05) is 6.92 Å². The Hall–Kier alpha value is -1.53. The van der Waals surface area contributed by atoms with Crippen LogP contribution in [0.25, 0.3) is 0 Å². The fourth-order valence-electron chi connectivity index (χ4n) is 2.79. The van der Waals surface area contributed by atoms with Crippen LogP contribution in [-0.4, -0.2) is 47.2 Å². The Morgan fingerprint density at radius 2 is 1.90 bits per heavy atom. The Balaban J connectivity index is 1.50. The van der Waals surface area contributed by atoms with Gasteiger partial charge in [0.1, 0.15) is 5.69 Å². The Morgan fingerprint density at radius 3 is 2.52 bits per heavy atom. The van der Waals surface area contributed by atoms with Gasteiger partial charge in [0.05, 0.1) is 11.9 Å². The second-order valence-corrected chi connectivity index (χ2v) is 5.86. The van der Waals surface area contributed by atoms with Crippen LogP contribution in [0.15, 0.2) is 12.4 Å². The number of ether oxygens (including phenoxy) is 1. The summed E-state index contributed by atoms with van der Waals surface area (Å²) < 4.78 is 5.37. The third-order valence-corrected chi connectivity index (χ3v) is 4.28. The fraction of sp³-hybridized carbons (Fsp3) is 0.667. The molecule has 1 aliphatic heterocycles. The van der Waals surface area contributed by atoms with E-state index in [0.717, 1.165) is 44.6 Å². The van der Waals surface area contributed by atoms with Gasteiger partial charge in [-0.3, -0.25) is 9.78 Å². The van der Waals surface area contributed by atoms with Crippen LogP contribution in [0.4, 0.5) is 0 Å². The number of amides is 1. The number of hydrogen-bond donors (Lipinski definition) is 2. The van der Waals surface area contributed by atoms with Gasteiger partial charge in [-0.2, -0.15) is 0 Å². The quantitative estimate of drug-likeness (QED) is 0.858. The lowest BCUT2D eigenvalue weighted by Crippen LogP contribution is -2.59. The largest absolute Gasteiger partial charge is 0.381 e. The van der Waals surface area contributed by atoms with Gasteiger partial charge >= 0.3 is 0 Å². The predicted octanol–water partition coefficient (Wildman–Crippen LogP) is 0.814. The zero-order valence-corrected chi connectivity index (χ0v) is 12.3. The molecule has 2 aliphatic rings. The summed E-state index contributed by atoms with van der Waals surface area (Å²) in [6.45, 7) is 3.52. The summed E-state index contributed by atoms with van der Waals surface area (Å²) in [6.07, 6.45) is 7.40. The maximum absolute atomic E-state index is 12.1. The molecule has 114 valence electrons. The minimum Gasteiger partial charge on any atom is -0.381 e. The SMILES string of the molecule is Cc1cnc(C(=O)N[C@H]2CC[C@H]2NC2CCOCC2)cn1. The molecule has 6 heteroatoms. The van der Waals surface area contributed by atoms with E-state index in [1.54, 1.807) is 6.20 Å². The first-order valence-corrected chi connectivity index (χ1v) is 7.65. The summed E-state index contributed by atoms with van der Waals surface area (Å²) in [7, 11) is 0. The summed E-state index contributed by atoms with van der Waals surface area (Å²) >= 11 is 0. The lowest BCUT2D eigenvalue weighted by Gasteiger charge is -2.40. The predicted molar refractivity (Wildman–Crippen MR) is 78.0 cm³/mol. The number of aryl methyl sites for hydroxylation is 1. The smallest absolute Gasteiger partial charge is 0.271 e. The molecule has 1 amide bonds. The van der Waals surface area contributed by atoms with E-state index in [4.69, 9.17) is 4.74 Å².